The van der Waals surface area contributed by atoms with Crippen molar-refractivity contribution in [1.82, 2.24) is 5.32 Å². The van der Waals surface area contributed by atoms with Gasteiger partial charge in [0, 0.05) is 31.6 Å². The average Bonchev–Trinajstić information content (AvgIpc) is 1.08. The number of hydrogen-bond acceptors (Lipinski definition) is 15. The molecule has 3 aliphatic carbocycles. The molecule has 0 spiro atoms. The standard InChI is InChI=1S/C65H83NO15/c1-10-11-12-13-14-15-16-17-18-19-20-21-22-23-24-25-26-27-34-39-50(68)78-48-40-49-64(42-76-49,80-44(3)67)55-57(79-58(72)46-37-32-29-33-38-46)65(75)41-47(43(2)51(62(65,7)8)53(69)56(71)63(48,55)9)77-59(73)54(70)52(45-35-30-28-31-36-45)66-60(74)81-61(4,5)6/h11-12,14-15,17-18,20-21,23-24,26-33,35-38,47-49,52-55,57,69-70,75H,10,13,16,19,22,25,34,39-42H2,1-9H3,(H,66,74)/b12-11-,15-14-,18-17-,21-20-,24-23-,27-26-/t47-,48-,49+,52-,53+,54+,55?,57-,63+,64-,65+/m0/s1. The minimum Gasteiger partial charge on any atom is -0.461 e. The number of Topliss-reactive ketones (excluding diaryl/α,β-unsaturated/α-hetero) is 1. The van der Waals surface area contributed by atoms with Gasteiger partial charge in [0.15, 0.2) is 17.5 Å². The Labute approximate surface area is 477 Å². The first-order valence-corrected chi connectivity index (χ1v) is 28.2. The summed E-state index contributed by atoms with van der Waals surface area (Å²) in [6.07, 6.45) is 18.7. The molecule has 1 saturated heterocycles. The lowest BCUT2D eigenvalue weighted by molar-refractivity contribution is -0.346. The van der Waals surface area contributed by atoms with Crippen molar-refractivity contribution >= 4 is 35.8 Å². The third-order valence-electron chi connectivity index (χ3n) is 15.9. The molecule has 16 nitrogen and oxygen atoms in total. The van der Waals surface area contributed by atoms with Crippen LogP contribution in [0.1, 0.15) is 148 Å². The Hall–Kier alpha value is -6.72. The Morgan fingerprint density at radius 2 is 1.33 bits per heavy atom. The molecular formula is C65H83NO15. The number of rotatable bonds is 23. The van der Waals surface area contributed by atoms with Gasteiger partial charge in [0.25, 0.3) is 0 Å². The van der Waals surface area contributed by atoms with Crippen LogP contribution in [0.15, 0.2) is 145 Å². The molecule has 81 heavy (non-hydrogen) atoms. The van der Waals surface area contributed by atoms with Crippen molar-refractivity contribution in [3.63, 3.8) is 0 Å². The van der Waals surface area contributed by atoms with E-state index in [2.05, 4.69) is 66.9 Å². The third-order valence-corrected chi connectivity index (χ3v) is 15.9. The fourth-order valence-electron chi connectivity index (χ4n) is 11.8. The zero-order valence-corrected chi connectivity index (χ0v) is 48.3. The Morgan fingerprint density at radius 3 is 1.85 bits per heavy atom. The predicted molar refractivity (Wildman–Crippen MR) is 305 cm³/mol. The zero-order valence-electron chi connectivity index (χ0n) is 48.3. The van der Waals surface area contributed by atoms with Gasteiger partial charge in [-0.25, -0.2) is 14.4 Å². The Morgan fingerprint density at radius 1 is 0.790 bits per heavy atom. The fourth-order valence-corrected chi connectivity index (χ4v) is 11.8. The number of allylic oxidation sites excluding steroid dienone is 12. The highest BCUT2D eigenvalue weighted by Gasteiger charge is 2.78. The summed E-state index contributed by atoms with van der Waals surface area (Å²) in [5.74, 6) is -6.19. The van der Waals surface area contributed by atoms with Crippen LogP contribution in [-0.2, 0) is 47.6 Å². The van der Waals surface area contributed by atoms with Crippen molar-refractivity contribution in [3.8, 4) is 0 Å². The fraction of sp³-hybridized carbons (Fsp3) is 0.508. The SMILES string of the molecule is CC/C=C\C/C=C\C/C=C\C/C=C\C/C=C\C/C=C\CCC(=O)O[C@H]1C[C@H]2OC[C@@]2(OC(C)=O)C2[C@H](OC(=O)c3ccccc3)[C@]3(O)C[C@H](OC(=O)[C@H](O)[C@@H](NC(=O)OC(C)(C)C)c4ccccc4)C(C)=C([C@@H](O)C(=O)[C@@]21C)C3(C)C. The maximum atomic E-state index is 15.8. The van der Waals surface area contributed by atoms with Gasteiger partial charge in [-0.3, -0.25) is 14.4 Å². The maximum absolute atomic E-state index is 15.8. The van der Waals surface area contributed by atoms with Gasteiger partial charge < -0.3 is 49.1 Å². The lowest BCUT2D eigenvalue weighted by Gasteiger charge is -2.67. The van der Waals surface area contributed by atoms with Gasteiger partial charge in [0.05, 0.1) is 29.5 Å². The molecule has 0 aromatic heterocycles. The van der Waals surface area contributed by atoms with Crippen LogP contribution >= 0.6 is 0 Å². The maximum Gasteiger partial charge on any atom is 0.408 e. The molecule has 0 radical (unpaired) electrons. The van der Waals surface area contributed by atoms with Crippen LogP contribution in [0.25, 0.3) is 0 Å². The highest BCUT2D eigenvalue weighted by Crippen LogP contribution is 2.64. The highest BCUT2D eigenvalue weighted by atomic mass is 16.6. The number of hydrogen-bond donors (Lipinski definition) is 4. The van der Waals surface area contributed by atoms with E-state index in [0.29, 0.717) is 18.4 Å². The summed E-state index contributed by atoms with van der Waals surface area (Å²) in [4.78, 5) is 85.3. The Balaban J connectivity index is 1.29. The molecule has 4 aliphatic rings. The van der Waals surface area contributed by atoms with Crippen LogP contribution < -0.4 is 5.32 Å². The smallest absolute Gasteiger partial charge is 0.408 e. The van der Waals surface area contributed by atoms with E-state index < -0.39 is 118 Å². The van der Waals surface area contributed by atoms with Crippen LogP contribution in [0.2, 0.25) is 0 Å². The number of aliphatic hydroxyl groups excluding tert-OH is 2. The zero-order chi connectivity index (χ0) is 59.2. The molecule has 1 aliphatic heterocycles. The van der Waals surface area contributed by atoms with E-state index in [0.717, 1.165) is 39.0 Å². The van der Waals surface area contributed by atoms with E-state index in [1.54, 1.807) is 83.1 Å². The summed E-state index contributed by atoms with van der Waals surface area (Å²) in [7, 11) is 0. The summed E-state index contributed by atoms with van der Waals surface area (Å²) in [5.41, 5.74) is -8.54. The summed E-state index contributed by atoms with van der Waals surface area (Å²) < 4.78 is 36.7. The molecule has 16 heteroatoms. The van der Waals surface area contributed by atoms with Gasteiger partial charge in [-0.1, -0.05) is 142 Å². The van der Waals surface area contributed by atoms with Crippen molar-refractivity contribution in [2.75, 3.05) is 6.61 Å². The quantitative estimate of drug-likeness (QED) is 0.0461. The molecular weight excluding hydrogens is 1030 g/mol. The number of fused-ring (bicyclic) bond motifs is 5. The summed E-state index contributed by atoms with van der Waals surface area (Å²) >= 11 is 0. The third kappa shape index (κ3) is 14.9. The van der Waals surface area contributed by atoms with Crippen molar-refractivity contribution < 1.29 is 72.5 Å². The number of alkyl carbamates (subject to hydrolysis) is 1. The molecule has 1 heterocycles. The van der Waals surface area contributed by atoms with E-state index in [1.807, 2.05) is 18.2 Å². The topological polar surface area (TPSA) is 231 Å². The lowest BCUT2D eigenvalue weighted by atomic mass is 9.44. The predicted octanol–water partition coefficient (Wildman–Crippen LogP) is 10.3. The molecule has 4 N–H and O–H groups in total. The molecule has 438 valence electrons. The largest absolute Gasteiger partial charge is 0.461 e. The monoisotopic (exact) mass is 1120 g/mol. The second-order valence-electron chi connectivity index (χ2n) is 23.0. The molecule has 1 unspecified atom stereocenters. The normalized spacial score (nSPS) is 28.0. The van der Waals surface area contributed by atoms with Gasteiger partial charge in [-0.2, -0.15) is 0 Å². The minimum absolute atomic E-state index is 0.0588. The number of carbonyl (C=O) groups excluding carboxylic acids is 6. The number of nitrogens with one attached hydrogen (secondary N) is 1. The average molecular weight is 1120 g/mol. The molecule has 11 atom stereocenters. The molecule has 2 aromatic rings. The van der Waals surface area contributed by atoms with Crippen molar-refractivity contribution in [1.29, 1.82) is 0 Å². The van der Waals surface area contributed by atoms with E-state index in [9.17, 15) is 39.3 Å². The summed E-state index contributed by atoms with van der Waals surface area (Å²) in [6.45, 7) is 14.0. The van der Waals surface area contributed by atoms with Gasteiger partial charge >= 0.3 is 30.0 Å². The van der Waals surface area contributed by atoms with Gasteiger partial charge in [-0.05, 0) is 108 Å². The molecule has 3 fully saturated rings. The number of esters is 4. The van der Waals surface area contributed by atoms with Crippen molar-refractivity contribution in [2.24, 2.45) is 16.7 Å². The number of ketones is 1. The first-order chi connectivity index (χ1) is 38.4. The van der Waals surface area contributed by atoms with Crippen molar-refractivity contribution in [2.45, 2.75) is 186 Å². The van der Waals surface area contributed by atoms with Crippen molar-refractivity contribution in [3.05, 3.63) is 156 Å². The molecule has 2 saturated carbocycles. The van der Waals surface area contributed by atoms with Crippen LogP contribution in [0.5, 0.6) is 0 Å². The van der Waals surface area contributed by atoms with Crippen LogP contribution in [0.3, 0.4) is 0 Å². The van der Waals surface area contributed by atoms with Crippen LogP contribution in [0.4, 0.5) is 4.79 Å². The summed E-state index contributed by atoms with van der Waals surface area (Å²) in [6, 6.07) is 14.6. The van der Waals surface area contributed by atoms with Crippen LogP contribution in [-0.4, -0.2) is 111 Å². The van der Waals surface area contributed by atoms with E-state index >= 15 is 4.79 Å². The Kier molecular flexibility index (Phi) is 21.8. The van der Waals surface area contributed by atoms with E-state index in [4.69, 9.17) is 28.4 Å². The number of amides is 1. The molecule has 1 amide bonds. The first kappa shape index (κ1) is 63.5. The number of ether oxygens (including phenoxy) is 6. The van der Waals surface area contributed by atoms with Gasteiger partial charge in [0.2, 0.25) is 0 Å². The number of benzene rings is 2. The second-order valence-corrected chi connectivity index (χ2v) is 23.0. The number of carbonyl (C=O) groups is 6. The van der Waals surface area contributed by atoms with Gasteiger partial charge in [0.1, 0.15) is 41.7 Å². The first-order valence-electron chi connectivity index (χ1n) is 28.2. The minimum atomic E-state index is -2.43. The lowest BCUT2D eigenvalue weighted by Crippen LogP contribution is -2.82. The van der Waals surface area contributed by atoms with Crippen LogP contribution in [0, 0.1) is 16.7 Å². The van der Waals surface area contributed by atoms with E-state index in [-0.39, 0.29) is 36.2 Å². The summed E-state index contributed by atoms with van der Waals surface area (Å²) in [5, 5.41) is 41.0. The van der Waals surface area contributed by atoms with Gasteiger partial charge in [-0.15, -0.1) is 0 Å². The molecule has 2 aromatic carbocycles. The van der Waals surface area contributed by atoms with E-state index in [1.165, 1.54) is 26.0 Å². The number of aliphatic hydroxyl groups is 3. The highest BCUT2D eigenvalue weighted by molar-refractivity contribution is 5.94. The molecule has 2 bridgehead atoms. The second kappa shape index (κ2) is 27.8. The molecule has 6 rings (SSSR count). The Bertz CT molecular complexity index is 2750.